The van der Waals surface area contributed by atoms with E-state index in [2.05, 4.69) is 27.3 Å². The van der Waals surface area contributed by atoms with Crippen molar-refractivity contribution in [2.75, 3.05) is 11.9 Å². The van der Waals surface area contributed by atoms with E-state index in [-0.39, 0.29) is 5.54 Å². The van der Waals surface area contributed by atoms with E-state index in [9.17, 15) is 0 Å². The molecule has 0 fully saturated rings. The summed E-state index contributed by atoms with van der Waals surface area (Å²) in [5.74, 6) is 0. The van der Waals surface area contributed by atoms with E-state index < -0.39 is 0 Å². The second-order valence-corrected chi connectivity index (χ2v) is 4.93. The van der Waals surface area contributed by atoms with Crippen LogP contribution in [0.4, 0.5) is 5.69 Å². The number of hydrogen-bond donors (Lipinski definition) is 2. The molecule has 0 heterocycles. The molecule has 1 aromatic rings. The van der Waals surface area contributed by atoms with Gasteiger partial charge in [-0.1, -0.05) is 15.9 Å². The van der Waals surface area contributed by atoms with Gasteiger partial charge in [0.15, 0.2) is 0 Å². The summed E-state index contributed by atoms with van der Waals surface area (Å²) in [5, 5.41) is 12.2. The standard InChI is InChI=1S/C11H14BrN3/c1-11(2,7-14)15-10-5-9(12)4-3-8(10)6-13/h3-5,15H,7,14H2,1-2H3. The van der Waals surface area contributed by atoms with Crippen LogP contribution >= 0.6 is 15.9 Å². The summed E-state index contributed by atoms with van der Waals surface area (Å²) in [7, 11) is 0. The highest BCUT2D eigenvalue weighted by Gasteiger charge is 2.16. The second-order valence-electron chi connectivity index (χ2n) is 4.01. The highest BCUT2D eigenvalue weighted by molar-refractivity contribution is 9.10. The van der Waals surface area contributed by atoms with Crippen LogP contribution in [0.25, 0.3) is 0 Å². The molecule has 0 unspecified atom stereocenters. The first kappa shape index (κ1) is 12.0. The lowest BCUT2D eigenvalue weighted by Crippen LogP contribution is -2.39. The Morgan fingerprint density at radius 3 is 2.73 bits per heavy atom. The van der Waals surface area contributed by atoms with Gasteiger partial charge in [-0.2, -0.15) is 5.26 Å². The van der Waals surface area contributed by atoms with Crippen molar-refractivity contribution >= 4 is 21.6 Å². The molecule has 0 saturated heterocycles. The zero-order valence-electron chi connectivity index (χ0n) is 8.84. The molecule has 0 bridgehead atoms. The number of hydrogen-bond acceptors (Lipinski definition) is 3. The summed E-state index contributed by atoms with van der Waals surface area (Å²) in [6, 6.07) is 7.65. The summed E-state index contributed by atoms with van der Waals surface area (Å²) >= 11 is 3.37. The normalized spacial score (nSPS) is 10.9. The highest BCUT2D eigenvalue weighted by atomic mass is 79.9. The molecular formula is C11H14BrN3. The zero-order chi connectivity index (χ0) is 11.5. The summed E-state index contributed by atoms with van der Waals surface area (Å²) in [6.45, 7) is 4.49. The molecule has 1 aromatic carbocycles. The topological polar surface area (TPSA) is 61.8 Å². The lowest BCUT2D eigenvalue weighted by molar-refractivity contribution is 0.580. The van der Waals surface area contributed by atoms with Crippen molar-refractivity contribution in [3.8, 4) is 6.07 Å². The first-order valence-corrected chi connectivity index (χ1v) is 5.46. The van der Waals surface area contributed by atoms with Gasteiger partial charge in [0.05, 0.1) is 11.3 Å². The third-order valence-corrected chi connectivity index (χ3v) is 2.58. The Labute approximate surface area is 98.4 Å². The maximum Gasteiger partial charge on any atom is 0.101 e. The van der Waals surface area contributed by atoms with Gasteiger partial charge in [-0.05, 0) is 32.0 Å². The number of rotatable bonds is 3. The van der Waals surface area contributed by atoms with E-state index in [4.69, 9.17) is 11.0 Å². The number of nitrogens with two attached hydrogens (primary N) is 1. The molecule has 0 aromatic heterocycles. The van der Waals surface area contributed by atoms with Crippen molar-refractivity contribution in [2.45, 2.75) is 19.4 Å². The van der Waals surface area contributed by atoms with Gasteiger partial charge >= 0.3 is 0 Å². The van der Waals surface area contributed by atoms with E-state index in [1.165, 1.54) is 0 Å². The van der Waals surface area contributed by atoms with Gasteiger partial charge in [-0.15, -0.1) is 0 Å². The fraction of sp³-hybridized carbons (Fsp3) is 0.364. The summed E-state index contributed by atoms with van der Waals surface area (Å²) in [4.78, 5) is 0. The molecule has 0 aliphatic rings. The fourth-order valence-corrected chi connectivity index (χ4v) is 1.49. The molecular weight excluding hydrogens is 254 g/mol. The van der Waals surface area contributed by atoms with Gasteiger partial charge < -0.3 is 11.1 Å². The molecule has 0 saturated carbocycles. The van der Waals surface area contributed by atoms with Crippen molar-refractivity contribution < 1.29 is 0 Å². The first-order chi connectivity index (χ1) is 6.98. The van der Waals surface area contributed by atoms with Crippen LogP contribution in [0.2, 0.25) is 0 Å². The minimum atomic E-state index is -0.216. The Hall–Kier alpha value is -1.05. The Morgan fingerprint density at radius 2 is 2.20 bits per heavy atom. The summed E-state index contributed by atoms with van der Waals surface area (Å²) < 4.78 is 0.942. The number of nitriles is 1. The molecule has 0 spiro atoms. The Balaban J connectivity index is 3.04. The van der Waals surface area contributed by atoms with Gasteiger partial charge in [-0.25, -0.2) is 0 Å². The fourth-order valence-electron chi connectivity index (χ4n) is 1.13. The molecule has 0 aliphatic heterocycles. The van der Waals surface area contributed by atoms with Crippen molar-refractivity contribution in [2.24, 2.45) is 5.73 Å². The number of anilines is 1. The third kappa shape index (κ3) is 3.22. The maximum atomic E-state index is 8.94. The van der Waals surface area contributed by atoms with E-state index in [0.717, 1.165) is 10.2 Å². The Morgan fingerprint density at radius 1 is 1.53 bits per heavy atom. The van der Waals surface area contributed by atoms with Crippen molar-refractivity contribution in [3.05, 3.63) is 28.2 Å². The second kappa shape index (κ2) is 4.65. The predicted octanol–water partition coefficient (Wildman–Crippen LogP) is 2.47. The lowest BCUT2D eigenvalue weighted by Gasteiger charge is -2.26. The number of nitrogens with one attached hydrogen (secondary N) is 1. The van der Waals surface area contributed by atoms with Gasteiger partial charge in [0.25, 0.3) is 0 Å². The molecule has 80 valence electrons. The van der Waals surface area contributed by atoms with Crippen LogP contribution in [-0.4, -0.2) is 12.1 Å². The minimum Gasteiger partial charge on any atom is -0.378 e. The monoisotopic (exact) mass is 267 g/mol. The molecule has 0 aliphatic carbocycles. The van der Waals surface area contributed by atoms with Gasteiger partial charge in [0.1, 0.15) is 6.07 Å². The summed E-state index contributed by atoms with van der Waals surface area (Å²) in [5.41, 5.74) is 6.84. The number of halogens is 1. The Kier molecular flexibility index (Phi) is 3.72. The van der Waals surface area contributed by atoms with Crippen LogP contribution in [0, 0.1) is 11.3 Å². The van der Waals surface area contributed by atoms with Crippen LogP contribution < -0.4 is 11.1 Å². The molecule has 3 nitrogen and oxygen atoms in total. The summed E-state index contributed by atoms with van der Waals surface area (Å²) in [6.07, 6.45) is 0. The lowest BCUT2D eigenvalue weighted by atomic mass is 10.0. The minimum absolute atomic E-state index is 0.216. The van der Waals surface area contributed by atoms with Crippen molar-refractivity contribution in [1.29, 1.82) is 5.26 Å². The molecule has 0 amide bonds. The first-order valence-electron chi connectivity index (χ1n) is 4.66. The maximum absolute atomic E-state index is 8.94. The largest absolute Gasteiger partial charge is 0.378 e. The third-order valence-electron chi connectivity index (χ3n) is 2.09. The average Bonchev–Trinajstić information content (AvgIpc) is 2.18. The van der Waals surface area contributed by atoms with Crippen molar-refractivity contribution in [1.82, 2.24) is 0 Å². The predicted molar refractivity (Wildman–Crippen MR) is 65.6 cm³/mol. The number of benzene rings is 1. The molecule has 1 rings (SSSR count). The van der Waals surface area contributed by atoms with Crippen LogP contribution in [0.5, 0.6) is 0 Å². The van der Waals surface area contributed by atoms with Crippen LogP contribution in [-0.2, 0) is 0 Å². The van der Waals surface area contributed by atoms with E-state index >= 15 is 0 Å². The van der Waals surface area contributed by atoms with Gasteiger partial charge in [-0.3, -0.25) is 0 Å². The van der Waals surface area contributed by atoms with Crippen LogP contribution in [0.1, 0.15) is 19.4 Å². The molecule has 4 heteroatoms. The van der Waals surface area contributed by atoms with Crippen molar-refractivity contribution in [3.63, 3.8) is 0 Å². The van der Waals surface area contributed by atoms with Crippen LogP contribution in [0.15, 0.2) is 22.7 Å². The highest BCUT2D eigenvalue weighted by Crippen LogP contribution is 2.23. The molecule has 0 atom stereocenters. The zero-order valence-corrected chi connectivity index (χ0v) is 10.4. The average molecular weight is 268 g/mol. The Bertz CT molecular complexity index is 393. The number of nitrogens with zero attached hydrogens (tertiary/aromatic N) is 1. The van der Waals surface area contributed by atoms with E-state index in [0.29, 0.717) is 12.1 Å². The molecule has 0 radical (unpaired) electrons. The quantitative estimate of drug-likeness (QED) is 0.885. The van der Waals surface area contributed by atoms with Crippen LogP contribution in [0.3, 0.4) is 0 Å². The SMILES string of the molecule is CC(C)(CN)Nc1cc(Br)ccc1C#N. The van der Waals surface area contributed by atoms with E-state index in [1.54, 1.807) is 6.07 Å². The smallest absolute Gasteiger partial charge is 0.101 e. The van der Waals surface area contributed by atoms with Gasteiger partial charge in [0, 0.05) is 16.6 Å². The van der Waals surface area contributed by atoms with E-state index in [1.807, 2.05) is 26.0 Å². The molecule has 3 N–H and O–H groups in total. The molecule has 15 heavy (non-hydrogen) atoms. The van der Waals surface area contributed by atoms with Gasteiger partial charge in [0.2, 0.25) is 0 Å².